The zero-order valence-corrected chi connectivity index (χ0v) is 25.9. The molecule has 0 bridgehead atoms. The largest absolute Gasteiger partial charge is 0.423 e. The third-order valence-electron chi connectivity index (χ3n) is 7.75. The summed E-state index contributed by atoms with van der Waals surface area (Å²) in [5, 5.41) is 0. The van der Waals surface area contributed by atoms with Crippen molar-refractivity contribution in [2.75, 3.05) is 0 Å². The number of rotatable bonds is 18. The minimum absolute atomic E-state index is 0.412. The van der Waals surface area contributed by atoms with Crippen molar-refractivity contribution in [3.8, 4) is 28.5 Å². The summed E-state index contributed by atoms with van der Waals surface area (Å²) >= 11 is 0. The van der Waals surface area contributed by atoms with E-state index in [4.69, 9.17) is 4.74 Å². The number of aryl methyl sites for hydroxylation is 2. The summed E-state index contributed by atoms with van der Waals surface area (Å²) in [5.74, 6) is 1.38. The van der Waals surface area contributed by atoms with Crippen LogP contribution >= 0.6 is 0 Å². The third kappa shape index (κ3) is 10.7. The predicted molar refractivity (Wildman–Crippen MR) is 174 cm³/mol. The van der Waals surface area contributed by atoms with E-state index in [1.165, 1.54) is 82.6 Å². The zero-order valence-electron chi connectivity index (χ0n) is 25.9. The number of unbranched alkanes of at least 4 members (excludes halogenated alkanes) is 10. The lowest BCUT2D eigenvalue weighted by atomic mass is 10.1. The summed E-state index contributed by atoms with van der Waals surface area (Å²) in [7, 11) is 0. The second kappa shape index (κ2) is 17.9. The van der Waals surface area contributed by atoms with Gasteiger partial charge in [-0.3, -0.25) is 0 Å². The van der Waals surface area contributed by atoms with Crippen LogP contribution in [0.2, 0.25) is 0 Å². The molecule has 6 nitrogen and oxygen atoms in total. The minimum atomic E-state index is -0.412. The number of carbonyl (C=O) groups excluding carboxylic acids is 1. The molecule has 4 aromatic rings. The Hall–Kier alpha value is -3.93. The molecule has 43 heavy (non-hydrogen) atoms. The first kappa shape index (κ1) is 32.0. The molecule has 0 N–H and O–H groups in total. The molecule has 0 fully saturated rings. The Bertz CT molecular complexity index is 1350. The van der Waals surface area contributed by atoms with Crippen molar-refractivity contribution < 1.29 is 9.53 Å². The van der Waals surface area contributed by atoms with Crippen LogP contribution in [0.3, 0.4) is 0 Å². The van der Waals surface area contributed by atoms with Crippen molar-refractivity contribution in [3.63, 3.8) is 0 Å². The summed E-state index contributed by atoms with van der Waals surface area (Å²) in [5.41, 5.74) is 4.55. The molecule has 226 valence electrons. The Kier molecular flexibility index (Phi) is 13.3. The van der Waals surface area contributed by atoms with Gasteiger partial charge in [0, 0.05) is 35.9 Å². The molecule has 0 saturated heterocycles. The number of esters is 1. The molecule has 6 heteroatoms. The summed E-state index contributed by atoms with van der Waals surface area (Å²) in [6.45, 7) is 4.48. The third-order valence-corrected chi connectivity index (χ3v) is 7.75. The molecule has 0 atom stereocenters. The van der Waals surface area contributed by atoms with Crippen LogP contribution in [0, 0.1) is 0 Å². The number of aromatic nitrogens is 4. The topological polar surface area (TPSA) is 77.9 Å². The number of benzene rings is 2. The normalized spacial score (nSPS) is 11.0. The molecule has 0 radical (unpaired) electrons. The lowest BCUT2D eigenvalue weighted by Gasteiger charge is -2.07. The molecule has 0 unspecified atom stereocenters. The number of nitrogens with zero attached hydrogens (tertiary/aromatic N) is 4. The summed E-state index contributed by atoms with van der Waals surface area (Å²) in [4.78, 5) is 30.9. The summed E-state index contributed by atoms with van der Waals surface area (Å²) in [6, 6.07) is 14.5. The molecule has 0 aliphatic heterocycles. The zero-order chi connectivity index (χ0) is 30.1. The quantitative estimate of drug-likeness (QED) is 0.0664. The Labute approximate surface area is 257 Å². The highest BCUT2D eigenvalue weighted by Gasteiger charge is 2.11. The molecule has 0 spiro atoms. The molecule has 0 saturated carbocycles. The molecular formula is C37H46N4O2. The van der Waals surface area contributed by atoms with Crippen molar-refractivity contribution in [1.29, 1.82) is 0 Å². The van der Waals surface area contributed by atoms with Gasteiger partial charge in [0.15, 0.2) is 11.6 Å². The van der Waals surface area contributed by atoms with Gasteiger partial charge in [0.25, 0.3) is 0 Å². The van der Waals surface area contributed by atoms with Crippen LogP contribution in [0.5, 0.6) is 5.75 Å². The van der Waals surface area contributed by atoms with Gasteiger partial charge < -0.3 is 4.74 Å². The van der Waals surface area contributed by atoms with Gasteiger partial charge in [-0.2, -0.15) is 0 Å². The van der Waals surface area contributed by atoms with Crippen molar-refractivity contribution in [1.82, 2.24) is 19.9 Å². The van der Waals surface area contributed by atoms with Crippen LogP contribution in [-0.2, 0) is 12.8 Å². The monoisotopic (exact) mass is 578 g/mol. The first-order chi connectivity index (χ1) is 21.2. The van der Waals surface area contributed by atoms with E-state index in [0.717, 1.165) is 29.5 Å². The van der Waals surface area contributed by atoms with E-state index in [2.05, 4.69) is 33.8 Å². The fourth-order valence-electron chi connectivity index (χ4n) is 5.08. The number of hydrogen-bond acceptors (Lipinski definition) is 6. The number of hydrogen-bond donors (Lipinski definition) is 0. The summed E-state index contributed by atoms with van der Waals surface area (Å²) < 4.78 is 5.61. The van der Waals surface area contributed by atoms with Crippen molar-refractivity contribution in [3.05, 3.63) is 90.0 Å². The smallest absolute Gasteiger partial charge is 0.343 e. The highest BCUT2D eigenvalue weighted by molar-refractivity contribution is 5.91. The highest BCUT2D eigenvalue weighted by Crippen LogP contribution is 2.22. The second-order valence-electron chi connectivity index (χ2n) is 11.4. The SMILES string of the molecule is CCCCCCCCCc1cnc(-c2ccc(OC(=O)c3ccc(-c4ncc(CCCCCCC)cn4)cc3)cc2)nc1. The molecule has 2 heterocycles. The van der Waals surface area contributed by atoms with Crippen LogP contribution in [0.25, 0.3) is 22.8 Å². The molecule has 0 aliphatic rings. The van der Waals surface area contributed by atoms with E-state index in [1.54, 1.807) is 24.3 Å². The average Bonchev–Trinajstić information content (AvgIpc) is 3.05. The van der Waals surface area contributed by atoms with E-state index in [1.807, 2.05) is 49.1 Å². The average molecular weight is 579 g/mol. The lowest BCUT2D eigenvalue weighted by molar-refractivity contribution is 0.0735. The minimum Gasteiger partial charge on any atom is -0.423 e. The highest BCUT2D eigenvalue weighted by atomic mass is 16.5. The molecule has 0 amide bonds. The van der Waals surface area contributed by atoms with E-state index < -0.39 is 5.97 Å². The second-order valence-corrected chi connectivity index (χ2v) is 11.4. The molecule has 2 aromatic heterocycles. The molecule has 0 aliphatic carbocycles. The van der Waals surface area contributed by atoms with E-state index in [0.29, 0.717) is 23.0 Å². The van der Waals surface area contributed by atoms with Gasteiger partial charge in [0.1, 0.15) is 5.75 Å². The molecular weight excluding hydrogens is 532 g/mol. The van der Waals surface area contributed by atoms with Crippen LogP contribution in [0.15, 0.2) is 73.3 Å². The Morgan fingerprint density at radius 2 is 0.930 bits per heavy atom. The maximum Gasteiger partial charge on any atom is 0.343 e. The Morgan fingerprint density at radius 1 is 0.535 bits per heavy atom. The van der Waals surface area contributed by atoms with Gasteiger partial charge in [0.05, 0.1) is 5.56 Å². The van der Waals surface area contributed by atoms with Crippen LogP contribution in [-0.4, -0.2) is 25.9 Å². The van der Waals surface area contributed by atoms with Gasteiger partial charge in [-0.15, -0.1) is 0 Å². The lowest BCUT2D eigenvalue weighted by Crippen LogP contribution is -2.08. The van der Waals surface area contributed by atoms with E-state index >= 15 is 0 Å². The van der Waals surface area contributed by atoms with Crippen molar-refractivity contribution >= 4 is 5.97 Å². The van der Waals surface area contributed by atoms with Gasteiger partial charge in [-0.1, -0.05) is 90.2 Å². The van der Waals surface area contributed by atoms with Gasteiger partial charge in [0.2, 0.25) is 0 Å². The number of carbonyl (C=O) groups is 1. The predicted octanol–water partition coefficient (Wildman–Crippen LogP) is 9.63. The molecule has 2 aromatic carbocycles. The van der Waals surface area contributed by atoms with E-state index in [9.17, 15) is 4.79 Å². The fourth-order valence-corrected chi connectivity index (χ4v) is 5.08. The standard InChI is InChI=1S/C37H46N4O2/c1-3-5-7-9-10-12-14-16-30-27-40-36(41-28-30)32-21-23-34(24-22-32)43-37(42)33-19-17-31(18-20-33)35-38-25-29(26-39-35)15-13-11-8-6-4-2/h17-28H,3-16H2,1-2H3. The van der Waals surface area contributed by atoms with Gasteiger partial charge >= 0.3 is 5.97 Å². The van der Waals surface area contributed by atoms with Crippen LogP contribution in [0.4, 0.5) is 0 Å². The molecule has 4 rings (SSSR count). The first-order valence-electron chi connectivity index (χ1n) is 16.2. The van der Waals surface area contributed by atoms with Crippen molar-refractivity contribution in [2.45, 2.75) is 104 Å². The first-order valence-corrected chi connectivity index (χ1v) is 16.2. The van der Waals surface area contributed by atoms with Crippen LogP contribution in [0.1, 0.15) is 112 Å². The Balaban J connectivity index is 1.23. The van der Waals surface area contributed by atoms with Crippen molar-refractivity contribution in [2.24, 2.45) is 0 Å². The number of ether oxygens (including phenoxy) is 1. The fraction of sp³-hybridized carbons (Fsp3) is 0.432. The van der Waals surface area contributed by atoms with Gasteiger partial charge in [-0.25, -0.2) is 24.7 Å². The Morgan fingerprint density at radius 3 is 1.37 bits per heavy atom. The summed E-state index contributed by atoms with van der Waals surface area (Å²) in [6.07, 6.45) is 25.0. The van der Waals surface area contributed by atoms with E-state index in [-0.39, 0.29) is 0 Å². The van der Waals surface area contributed by atoms with Crippen LogP contribution < -0.4 is 4.74 Å². The van der Waals surface area contributed by atoms with Gasteiger partial charge in [-0.05, 0) is 73.2 Å². The maximum absolute atomic E-state index is 12.8. The maximum atomic E-state index is 12.8.